The summed E-state index contributed by atoms with van der Waals surface area (Å²) in [6, 6.07) is 22.0. The first kappa shape index (κ1) is 21.5. The van der Waals surface area contributed by atoms with Crippen LogP contribution in [0, 0.1) is 12.7 Å². The Labute approximate surface area is 205 Å². The lowest BCUT2D eigenvalue weighted by Crippen LogP contribution is -2.25. The minimum atomic E-state index is -0.291. The number of fused-ring (bicyclic) bond motifs is 2. The monoisotopic (exact) mass is 484 g/mol. The van der Waals surface area contributed by atoms with E-state index in [1.807, 2.05) is 61.5 Å². The van der Waals surface area contributed by atoms with E-state index in [4.69, 9.17) is 14.8 Å². The second-order valence-electron chi connectivity index (χ2n) is 8.52. The SMILES string of the molecule is Cc1nn(-c2nc3ccccc3s2)c2c1C(c1cccc(OCc3cccc(F)c3)c1)CC(=O)N2. The van der Waals surface area contributed by atoms with Crippen molar-refractivity contribution in [3.63, 3.8) is 0 Å². The van der Waals surface area contributed by atoms with Gasteiger partial charge in [0.15, 0.2) is 0 Å². The van der Waals surface area contributed by atoms with Crippen molar-refractivity contribution >= 4 is 33.3 Å². The minimum Gasteiger partial charge on any atom is -0.489 e. The zero-order valence-electron chi connectivity index (χ0n) is 18.9. The number of carbonyl (C=O) groups excluding carboxylic acids is 1. The molecule has 0 saturated heterocycles. The van der Waals surface area contributed by atoms with Crippen molar-refractivity contribution < 1.29 is 13.9 Å². The predicted octanol–water partition coefficient (Wildman–Crippen LogP) is 5.98. The van der Waals surface area contributed by atoms with Crippen molar-refractivity contribution in [1.82, 2.24) is 14.8 Å². The predicted molar refractivity (Wildman–Crippen MR) is 134 cm³/mol. The number of halogens is 1. The number of aryl methyl sites for hydroxylation is 1. The van der Waals surface area contributed by atoms with Crippen LogP contribution in [0.4, 0.5) is 10.2 Å². The summed E-state index contributed by atoms with van der Waals surface area (Å²) in [6.07, 6.45) is 0.312. The van der Waals surface area contributed by atoms with Gasteiger partial charge in [0.05, 0.1) is 15.9 Å². The average Bonchev–Trinajstić information content (AvgIpc) is 3.43. The summed E-state index contributed by atoms with van der Waals surface area (Å²) in [6.45, 7) is 2.21. The Hall–Kier alpha value is -4.04. The van der Waals surface area contributed by atoms with E-state index in [1.54, 1.807) is 10.7 Å². The molecule has 0 fully saturated rings. The molecule has 3 aromatic carbocycles. The van der Waals surface area contributed by atoms with Crippen molar-refractivity contribution in [3.05, 3.63) is 101 Å². The molecule has 174 valence electrons. The Morgan fingerprint density at radius 2 is 1.97 bits per heavy atom. The molecule has 1 aliphatic rings. The third kappa shape index (κ3) is 4.06. The first-order valence-electron chi connectivity index (χ1n) is 11.3. The van der Waals surface area contributed by atoms with Gasteiger partial charge in [0.2, 0.25) is 11.0 Å². The van der Waals surface area contributed by atoms with Crippen LogP contribution in [0.1, 0.15) is 34.7 Å². The molecule has 0 bridgehead atoms. The first-order valence-corrected chi connectivity index (χ1v) is 12.1. The van der Waals surface area contributed by atoms with Crippen LogP contribution in [0.2, 0.25) is 0 Å². The molecule has 1 amide bonds. The molecule has 35 heavy (non-hydrogen) atoms. The summed E-state index contributed by atoms with van der Waals surface area (Å²) in [7, 11) is 0. The Morgan fingerprint density at radius 1 is 1.11 bits per heavy atom. The van der Waals surface area contributed by atoms with Gasteiger partial charge in [-0.2, -0.15) is 9.78 Å². The molecule has 2 aromatic heterocycles. The maximum atomic E-state index is 13.5. The second kappa shape index (κ2) is 8.63. The molecule has 1 aliphatic heterocycles. The summed E-state index contributed by atoms with van der Waals surface area (Å²) >= 11 is 1.53. The van der Waals surface area contributed by atoms with Crippen LogP contribution in [0.25, 0.3) is 15.3 Å². The number of anilines is 1. The Balaban J connectivity index is 1.34. The number of thiazole rings is 1. The van der Waals surface area contributed by atoms with Gasteiger partial charge in [-0.05, 0) is 54.4 Å². The number of hydrogen-bond acceptors (Lipinski definition) is 5. The molecule has 1 unspecified atom stereocenters. The largest absolute Gasteiger partial charge is 0.489 e. The van der Waals surface area contributed by atoms with Gasteiger partial charge in [0.1, 0.15) is 24.0 Å². The molecule has 5 aromatic rings. The van der Waals surface area contributed by atoms with Crippen molar-refractivity contribution in [2.24, 2.45) is 0 Å². The van der Waals surface area contributed by atoms with E-state index in [0.29, 0.717) is 23.1 Å². The fourth-order valence-electron chi connectivity index (χ4n) is 4.54. The third-order valence-electron chi connectivity index (χ3n) is 6.12. The first-order chi connectivity index (χ1) is 17.0. The van der Waals surface area contributed by atoms with Crippen molar-refractivity contribution in [2.75, 3.05) is 5.32 Å². The number of rotatable bonds is 5. The molecule has 0 spiro atoms. The summed E-state index contributed by atoms with van der Waals surface area (Å²) < 4.78 is 22.2. The number of nitrogens with one attached hydrogen (secondary N) is 1. The highest BCUT2D eigenvalue weighted by Gasteiger charge is 2.33. The molecule has 8 heteroatoms. The van der Waals surface area contributed by atoms with Gasteiger partial charge in [-0.3, -0.25) is 4.79 Å². The fraction of sp³-hybridized carbons (Fsp3) is 0.148. The maximum absolute atomic E-state index is 13.5. The van der Waals surface area contributed by atoms with Crippen LogP contribution < -0.4 is 10.1 Å². The molecular weight excluding hydrogens is 463 g/mol. The molecule has 1 N–H and O–H groups in total. The Kier molecular flexibility index (Phi) is 5.30. The van der Waals surface area contributed by atoms with E-state index in [2.05, 4.69) is 5.32 Å². The molecule has 3 heterocycles. The van der Waals surface area contributed by atoms with Crippen LogP contribution in [0.5, 0.6) is 5.75 Å². The minimum absolute atomic E-state index is 0.0733. The number of carbonyl (C=O) groups is 1. The third-order valence-corrected chi connectivity index (χ3v) is 7.13. The summed E-state index contributed by atoms with van der Waals surface area (Å²) in [5.74, 6) is 0.793. The van der Waals surface area contributed by atoms with Crippen LogP contribution in [0.15, 0.2) is 72.8 Å². The molecule has 1 atom stereocenters. The van der Waals surface area contributed by atoms with E-state index in [1.165, 1.54) is 23.5 Å². The number of para-hydroxylation sites is 1. The Morgan fingerprint density at radius 3 is 2.83 bits per heavy atom. The van der Waals surface area contributed by atoms with Gasteiger partial charge in [0, 0.05) is 17.9 Å². The fourth-order valence-corrected chi connectivity index (χ4v) is 5.46. The summed E-state index contributed by atoms with van der Waals surface area (Å²) in [4.78, 5) is 17.5. The highest BCUT2D eigenvalue weighted by atomic mass is 32.1. The van der Waals surface area contributed by atoms with Crippen molar-refractivity contribution in [2.45, 2.75) is 25.9 Å². The van der Waals surface area contributed by atoms with Gasteiger partial charge in [-0.25, -0.2) is 9.37 Å². The maximum Gasteiger partial charge on any atom is 0.226 e. The van der Waals surface area contributed by atoms with E-state index < -0.39 is 0 Å². The zero-order valence-corrected chi connectivity index (χ0v) is 19.7. The molecule has 6 nitrogen and oxygen atoms in total. The number of ether oxygens (including phenoxy) is 1. The number of aromatic nitrogens is 3. The summed E-state index contributed by atoms with van der Waals surface area (Å²) in [5, 5.41) is 8.49. The van der Waals surface area contributed by atoms with Crippen LogP contribution in [-0.2, 0) is 11.4 Å². The van der Waals surface area contributed by atoms with Crippen LogP contribution >= 0.6 is 11.3 Å². The number of nitrogens with zero attached hydrogens (tertiary/aromatic N) is 3. The number of benzene rings is 3. The van der Waals surface area contributed by atoms with Gasteiger partial charge in [0.25, 0.3) is 0 Å². The van der Waals surface area contributed by atoms with Gasteiger partial charge in [-0.1, -0.05) is 47.7 Å². The highest BCUT2D eigenvalue weighted by molar-refractivity contribution is 7.20. The van der Waals surface area contributed by atoms with Crippen LogP contribution in [-0.4, -0.2) is 20.7 Å². The lowest BCUT2D eigenvalue weighted by Gasteiger charge is -2.24. The molecule has 6 rings (SSSR count). The lowest BCUT2D eigenvalue weighted by molar-refractivity contribution is -0.116. The molecule has 0 radical (unpaired) electrons. The average molecular weight is 485 g/mol. The lowest BCUT2D eigenvalue weighted by atomic mass is 9.86. The Bertz CT molecular complexity index is 1540. The van der Waals surface area contributed by atoms with Crippen molar-refractivity contribution in [1.29, 1.82) is 0 Å². The number of amides is 1. The van der Waals surface area contributed by atoms with Gasteiger partial charge in [-0.15, -0.1) is 0 Å². The smallest absolute Gasteiger partial charge is 0.226 e. The molecule has 0 aliphatic carbocycles. The topological polar surface area (TPSA) is 69.0 Å². The molecular formula is C27H21FN4O2S. The van der Waals surface area contributed by atoms with Crippen molar-refractivity contribution in [3.8, 4) is 10.9 Å². The molecule has 0 saturated carbocycles. The summed E-state index contributed by atoms with van der Waals surface area (Å²) in [5.41, 5.74) is 4.44. The zero-order chi connectivity index (χ0) is 23.9. The van der Waals surface area contributed by atoms with E-state index in [9.17, 15) is 9.18 Å². The van der Waals surface area contributed by atoms with E-state index in [0.717, 1.165) is 32.6 Å². The van der Waals surface area contributed by atoms with E-state index >= 15 is 0 Å². The second-order valence-corrected chi connectivity index (χ2v) is 9.53. The van der Waals surface area contributed by atoms with Crippen LogP contribution in [0.3, 0.4) is 0 Å². The normalized spacial score (nSPS) is 15.1. The van der Waals surface area contributed by atoms with Gasteiger partial charge >= 0.3 is 0 Å². The van der Waals surface area contributed by atoms with E-state index in [-0.39, 0.29) is 24.2 Å². The quantitative estimate of drug-likeness (QED) is 0.333. The highest BCUT2D eigenvalue weighted by Crippen LogP contribution is 2.41. The van der Waals surface area contributed by atoms with Gasteiger partial charge < -0.3 is 10.1 Å². The number of hydrogen-bond donors (Lipinski definition) is 1. The standard InChI is InChI=1S/C27H21FN4O2S/c1-16-25-21(18-7-5-9-20(13-18)34-15-17-6-4-8-19(28)12-17)14-24(33)30-26(25)32(31-16)27-29-22-10-2-3-11-23(22)35-27/h2-13,21H,14-15H2,1H3,(H,30,33).